The molecule has 2 bridgehead atoms. The zero-order valence-electron chi connectivity index (χ0n) is 33.7. The summed E-state index contributed by atoms with van der Waals surface area (Å²) in [5, 5.41) is 2.46. The molecule has 0 N–H and O–H groups in total. The van der Waals surface area contributed by atoms with Gasteiger partial charge in [-0.25, -0.2) is 29.9 Å². The Hall–Kier alpha value is -8.00. The first kappa shape index (κ1) is 35.7. The molecule has 0 radical (unpaired) electrons. The zero-order valence-corrected chi connectivity index (χ0v) is 34.5. The lowest BCUT2D eigenvalue weighted by molar-refractivity contribution is 0.754. The smallest absolute Gasteiger partial charge is 0.164 e. The second-order valence-corrected chi connectivity index (χ2v) is 17.3. The van der Waals surface area contributed by atoms with Gasteiger partial charge in [0.25, 0.3) is 0 Å². The van der Waals surface area contributed by atoms with Gasteiger partial charge in [-0.3, -0.25) is 0 Å². The summed E-state index contributed by atoms with van der Waals surface area (Å²) in [5.41, 5.74) is 13.6. The maximum atomic E-state index is 5.24. The van der Waals surface area contributed by atoms with Crippen molar-refractivity contribution in [2.75, 3.05) is 0 Å². The van der Waals surface area contributed by atoms with Crippen LogP contribution in [0.2, 0.25) is 0 Å². The molecule has 6 nitrogen and oxygen atoms in total. The highest BCUT2D eigenvalue weighted by Gasteiger charge is 2.41. The Morgan fingerprint density at radius 2 is 0.603 bits per heavy atom. The second-order valence-electron chi connectivity index (χ2n) is 16.2. The molecule has 0 aliphatic heterocycles. The van der Waals surface area contributed by atoms with E-state index in [0.717, 1.165) is 33.4 Å². The van der Waals surface area contributed by atoms with Crippen LogP contribution in [0.15, 0.2) is 194 Å². The third kappa shape index (κ3) is 5.92. The molecule has 0 fully saturated rings. The highest BCUT2D eigenvalue weighted by atomic mass is 32.1. The normalized spacial score (nSPS) is 14.7. The topological polar surface area (TPSA) is 77.3 Å². The number of rotatable bonds is 6. The Morgan fingerprint density at radius 3 is 1.08 bits per heavy atom. The van der Waals surface area contributed by atoms with Crippen LogP contribution in [0.3, 0.4) is 0 Å². The van der Waals surface area contributed by atoms with Gasteiger partial charge in [0.1, 0.15) is 0 Å². The van der Waals surface area contributed by atoms with E-state index in [9.17, 15) is 0 Å². The Morgan fingerprint density at radius 1 is 0.254 bits per heavy atom. The summed E-state index contributed by atoms with van der Waals surface area (Å²) in [4.78, 5) is 30.6. The molecule has 3 aliphatic carbocycles. The van der Waals surface area contributed by atoms with Crippen LogP contribution in [-0.4, -0.2) is 29.9 Å². The van der Waals surface area contributed by atoms with E-state index in [1.165, 1.54) is 53.6 Å². The molecule has 11 aromatic rings. The van der Waals surface area contributed by atoms with Crippen molar-refractivity contribution < 1.29 is 0 Å². The largest absolute Gasteiger partial charge is 0.208 e. The third-order valence-electron chi connectivity index (χ3n) is 12.6. The van der Waals surface area contributed by atoms with E-state index < -0.39 is 0 Å². The van der Waals surface area contributed by atoms with Crippen molar-refractivity contribution in [3.63, 3.8) is 0 Å². The predicted molar refractivity (Wildman–Crippen MR) is 253 cm³/mol. The van der Waals surface area contributed by atoms with Crippen molar-refractivity contribution in [2.45, 2.75) is 11.8 Å². The minimum Gasteiger partial charge on any atom is -0.208 e. The Labute approximate surface area is 367 Å². The van der Waals surface area contributed by atoms with Gasteiger partial charge >= 0.3 is 0 Å². The number of nitrogens with zero attached hydrogens (tertiary/aromatic N) is 6. The highest BCUT2D eigenvalue weighted by molar-refractivity contribution is 7.25. The number of fused-ring (bicyclic) bond motifs is 3. The summed E-state index contributed by atoms with van der Waals surface area (Å²) >= 11 is 1.81. The second kappa shape index (κ2) is 14.3. The van der Waals surface area contributed by atoms with Crippen LogP contribution in [0.25, 0.3) is 88.5 Å². The summed E-state index contributed by atoms with van der Waals surface area (Å²) < 4.78 is 2.52. The zero-order chi connectivity index (χ0) is 41.4. The van der Waals surface area contributed by atoms with Gasteiger partial charge in [-0.2, -0.15) is 0 Å². The van der Waals surface area contributed by atoms with Crippen LogP contribution < -0.4 is 0 Å². The summed E-state index contributed by atoms with van der Waals surface area (Å²) in [6.07, 6.45) is 0. The maximum absolute atomic E-state index is 5.24. The first-order valence-corrected chi connectivity index (χ1v) is 22.0. The van der Waals surface area contributed by atoms with Gasteiger partial charge in [-0.05, 0) is 69.8 Å². The molecule has 7 heteroatoms. The summed E-state index contributed by atoms with van der Waals surface area (Å²) in [7, 11) is 0. The number of hydrogen-bond acceptors (Lipinski definition) is 7. The molecule has 294 valence electrons. The lowest BCUT2D eigenvalue weighted by atomic mass is 9.61. The molecule has 3 heterocycles. The minimum absolute atomic E-state index is 0.0347. The molecule has 3 aromatic heterocycles. The SMILES string of the molecule is c1ccc(-c2nc(-c3ccccc3)nc(-c3ccc4c(c3)C3c5ccccc5C4c4cc(-c5nc(-c6ccccc6)nc(-c6ccc7sc8ccccc8c7c6)n5)ccc43)n2)cc1. The van der Waals surface area contributed by atoms with E-state index >= 15 is 0 Å². The molecule has 0 saturated carbocycles. The quantitative estimate of drug-likeness (QED) is 0.166. The first-order valence-electron chi connectivity index (χ1n) is 21.2. The van der Waals surface area contributed by atoms with Crippen molar-refractivity contribution in [3.05, 3.63) is 228 Å². The van der Waals surface area contributed by atoms with Gasteiger partial charge in [0.15, 0.2) is 34.9 Å². The van der Waals surface area contributed by atoms with Gasteiger partial charge in [0.05, 0.1) is 0 Å². The van der Waals surface area contributed by atoms with E-state index in [-0.39, 0.29) is 11.8 Å². The molecular formula is C56H34N6S. The standard InChI is InChI=1S/C56H34N6S/c1-4-14-33(15-5-1)51-57-52(34-16-6-2-7-17-34)59-54(58-51)36-24-27-42-45(31-36)49-40-21-10-11-22-41(40)50(42)46-32-37(25-28-43(46)49)55-60-53(35-18-8-3-9-19-35)61-56(62-55)38-26-29-48-44(30-38)39-20-12-13-23-47(39)63-48/h1-32,49-50H. The van der Waals surface area contributed by atoms with Crippen molar-refractivity contribution in [3.8, 4) is 68.3 Å². The Kier molecular flexibility index (Phi) is 8.11. The molecule has 8 aromatic carbocycles. The fourth-order valence-electron chi connectivity index (χ4n) is 9.65. The fourth-order valence-corrected chi connectivity index (χ4v) is 10.7. The van der Waals surface area contributed by atoms with Crippen LogP contribution >= 0.6 is 11.3 Å². The molecule has 0 spiro atoms. The van der Waals surface area contributed by atoms with Crippen molar-refractivity contribution in [1.82, 2.24) is 29.9 Å². The molecule has 0 amide bonds. The van der Waals surface area contributed by atoms with Gasteiger partial charge in [-0.15, -0.1) is 11.3 Å². The number of hydrogen-bond donors (Lipinski definition) is 0. The molecule has 0 saturated heterocycles. The molecule has 63 heavy (non-hydrogen) atoms. The van der Waals surface area contributed by atoms with Crippen molar-refractivity contribution in [1.29, 1.82) is 0 Å². The number of aromatic nitrogens is 6. The lowest BCUT2D eigenvalue weighted by Crippen LogP contribution is -2.27. The summed E-state index contributed by atoms with van der Waals surface area (Å²) in [6.45, 7) is 0. The fraction of sp³-hybridized carbons (Fsp3) is 0.0357. The molecule has 2 atom stereocenters. The van der Waals surface area contributed by atoms with Crippen LogP contribution in [0.4, 0.5) is 0 Å². The molecule has 2 unspecified atom stereocenters. The van der Waals surface area contributed by atoms with Gasteiger partial charge in [-0.1, -0.05) is 158 Å². The number of benzene rings is 8. The van der Waals surface area contributed by atoms with E-state index in [4.69, 9.17) is 29.9 Å². The average Bonchev–Trinajstić information content (AvgIpc) is 3.74. The van der Waals surface area contributed by atoms with E-state index in [2.05, 4.69) is 115 Å². The maximum Gasteiger partial charge on any atom is 0.164 e. The lowest BCUT2D eigenvalue weighted by Gasteiger charge is -2.42. The van der Waals surface area contributed by atoms with E-state index in [0.29, 0.717) is 34.9 Å². The molecule has 3 aliphatic rings. The Bertz CT molecular complexity index is 3530. The number of thiophene rings is 1. The van der Waals surface area contributed by atoms with Crippen molar-refractivity contribution >= 4 is 31.5 Å². The highest BCUT2D eigenvalue weighted by Crippen LogP contribution is 2.56. The van der Waals surface area contributed by atoms with E-state index in [1.54, 1.807) is 0 Å². The van der Waals surface area contributed by atoms with Crippen molar-refractivity contribution in [2.24, 2.45) is 0 Å². The van der Waals surface area contributed by atoms with Gasteiger partial charge < -0.3 is 0 Å². The monoisotopic (exact) mass is 822 g/mol. The molecular weight excluding hydrogens is 789 g/mol. The minimum atomic E-state index is 0.0347. The van der Waals surface area contributed by atoms with Crippen LogP contribution in [0.1, 0.15) is 45.2 Å². The Balaban J connectivity index is 0.942. The van der Waals surface area contributed by atoms with Crippen LogP contribution in [-0.2, 0) is 0 Å². The summed E-state index contributed by atoms with van der Waals surface area (Å²) in [6, 6.07) is 68.2. The summed E-state index contributed by atoms with van der Waals surface area (Å²) in [5.74, 6) is 3.99. The predicted octanol–water partition coefficient (Wildman–Crippen LogP) is 13.4. The first-order chi connectivity index (χ1) is 31.2. The van der Waals surface area contributed by atoms with E-state index in [1.807, 2.05) is 90.2 Å². The molecule has 14 rings (SSSR count). The van der Waals surface area contributed by atoms with Crippen LogP contribution in [0.5, 0.6) is 0 Å². The average molecular weight is 823 g/mol. The third-order valence-corrected chi connectivity index (χ3v) is 13.7. The van der Waals surface area contributed by atoms with Gasteiger partial charge in [0.2, 0.25) is 0 Å². The van der Waals surface area contributed by atoms with Gasteiger partial charge in [0, 0.05) is 65.4 Å². The van der Waals surface area contributed by atoms with Crippen LogP contribution in [0, 0.1) is 0 Å².